The third-order valence-corrected chi connectivity index (χ3v) is 5.47. The van der Waals surface area contributed by atoms with Gasteiger partial charge in [-0.2, -0.15) is 0 Å². The van der Waals surface area contributed by atoms with E-state index >= 15 is 0 Å². The molecular weight excluding hydrogens is 419 g/mol. The van der Waals surface area contributed by atoms with Gasteiger partial charge in [-0.25, -0.2) is 0 Å². The van der Waals surface area contributed by atoms with Crippen LogP contribution in [0.4, 0.5) is 0 Å². The summed E-state index contributed by atoms with van der Waals surface area (Å²) in [7, 11) is 0. The average molecular weight is 449 g/mol. The van der Waals surface area contributed by atoms with Gasteiger partial charge in [-0.05, 0) is 56.9 Å². The monoisotopic (exact) mass is 448 g/mol. The minimum atomic E-state index is -0.568. The first-order valence-electron chi connectivity index (χ1n) is 10.2. The van der Waals surface area contributed by atoms with Crippen LogP contribution in [0.1, 0.15) is 45.2 Å². The van der Waals surface area contributed by atoms with Crippen LogP contribution < -0.4 is 5.32 Å². The van der Waals surface area contributed by atoms with Crippen LogP contribution in [-0.4, -0.2) is 34.8 Å². The van der Waals surface area contributed by atoms with Gasteiger partial charge in [0, 0.05) is 22.1 Å². The second kappa shape index (κ2) is 10.8. The molecular formula is C24H30Cl2N2O2. The Labute approximate surface area is 189 Å². The lowest BCUT2D eigenvalue weighted by Crippen LogP contribution is -2.54. The second-order valence-electron chi connectivity index (χ2n) is 8.36. The lowest BCUT2D eigenvalue weighted by Gasteiger charge is -2.33. The molecule has 0 aromatic heterocycles. The summed E-state index contributed by atoms with van der Waals surface area (Å²) in [6, 6.07) is 14.5. The highest BCUT2D eigenvalue weighted by Gasteiger charge is 2.30. The molecule has 0 bridgehead atoms. The van der Waals surface area contributed by atoms with Crippen molar-refractivity contribution >= 4 is 35.0 Å². The van der Waals surface area contributed by atoms with Crippen LogP contribution in [0.15, 0.2) is 48.5 Å². The van der Waals surface area contributed by atoms with Crippen molar-refractivity contribution < 1.29 is 9.59 Å². The Balaban J connectivity index is 2.28. The van der Waals surface area contributed by atoms with Crippen LogP contribution >= 0.6 is 23.2 Å². The van der Waals surface area contributed by atoms with E-state index in [1.165, 1.54) is 0 Å². The maximum atomic E-state index is 13.3. The van der Waals surface area contributed by atoms with E-state index in [1.54, 1.807) is 23.1 Å². The number of halogens is 2. The largest absolute Gasteiger partial charge is 0.350 e. The number of benzene rings is 2. The molecule has 0 radical (unpaired) electrons. The molecule has 1 atom stereocenters. The normalized spacial score (nSPS) is 12.3. The summed E-state index contributed by atoms with van der Waals surface area (Å²) in [5.74, 6) is -0.325. The minimum absolute atomic E-state index is 0.0482. The molecule has 4 nitrogen and oxygen atoms in total. The molecule has 0 aliphatic heterocycles. The minimum Gasteiger partial charge on any atom is -0.350 e. The molecule has 0 spiro atoms. The number of nitrogens with one attached hydrogen (secondary N) is 1. The highest BCUT2D eigenvalue weighted by molar-refractivity contribution is 6.36. The number of amides is 2. The Morgan fingerprint density at radius 2 is 1.60 bits per heavy atom. The van der Waals surface area contributed by atoms with Crippen molar-refractivity contribution in [3.8, 4) is 0 Å². The number of hydrogen-bond acceptors (Lipinski definition) is 2. The topological polar surface area (TPSA) is 49.4 Å². The molecule has 2 rings (SSSR count). The van der Waals surface area contributed by atoms with Gasteiger partial charge in [0.05, 0.1) is 6.42 Å². The van der Waals surface area contributed by atoms with Gasteiger partial charge in [-0.1, -0.05) is 66.5 Å². The summed E-state index contributed by atoms with van der Waals surface area (Å²) in [4.78, 5) is 28.0. The first kappa shape index (κ1) is 24.2. The molecule has 0 saturated heterocycles. The van der Waals surface area contributed by atoms with Gasteiger partial charge in [0.2, 0.25) is 11.8 Å². The van der Waals surface area contributed by atoms with Gasteiger partial charge in [0.15, 0.2) is 0 Å². The van der Waals surface area contributed by atoms with Crippen molar-refractivity contribution in [2.75, 3.05) is 6.54 Å². The Kier molecular flexibility index (Phi) is 8.75. The number of nitrogens with zero attached hydrogens (tertiary/aromatic N) is 1. The maximum Gasteiger partial charge on any atom is 0.243 e. The average Bonchev–Trinajstić information content (AvgIpc) is 2.67. The summed E-state index contributed by atoms with van der Waals surface area (Å²) < 4.78 is 0. The van der Waals surface area contributed by atoms with Crippen LogP contribution in [0.5, 0.6) is 0 Å². The molecule has 6 heteroatoms. The van der Waals surface area contributed by atoms with Gasteiger partial charge < -0.3 is 10.2 Å². The van der Waals surface area contributed by atoms with Crippen molar-refractivity contribution in [2.45, 2.75) is 58.5 Å². The molecule has 1 unspecified atom stereocenters. The summed E-state index contributed by atoms with van der Waals surface area (Å²) in [5.41, 5.74) is 1.31. The Morgan fingerprint density at radius 1 is 1.00 bits per heavy atom. The Morgan fingerprint density at radius 3 is 2.13 bits per heavy atom. The maximum absolute atomic E-state index is 13.3. The van der Waals surface area contributed by atoms with Crippen LogP contribution in [0, 0.1) is 0 Å². The first-order valence-corrected chi connectivity index (χ1v) is 11.0. The molecule has 1 N–H and O–H groups in total. The van der Waals surface area contributed by atoms with E-state index in [4.69, 9.17) is 23.2 Å². The molecule has 2 aromatic carbocycles. The summed E-state index contributed by atoms with van der Waals surface area (Å²) in [6.07, 6.45) is 1.22. The molecule has 2 amide bonds. The first-order chi connectivity index (χ1) is 14.1. The quantitative estimate of drug-likeness (QED) is 0.595. The number of carbonyl (C=O) groups excluding carboxylic acids is 2. The molecule has 0 saturated carbocycles. The zero-order valence-electron chi connectivity index (χ0n) is 18.0. The highest BCUT2D eigenvalue weighted by Crippen LogP contribution is 2.26. The fraction of sp³-hybridized carbons (Fsp3) is 0.417. The lowest BCUT2D eigenvalue weighted by molar-refractivity contribution is -0.140. The summed E-state index contributed by atoms with van der Waals surface area (Å²) in [5, 5.41) is 3.91. The number of rotatable bonds is 8. The standard InChI is InChI=1S/C24H30Cl2N2O2/c1-5-21(23(30)27-24(2,3)4)28(15-14-17-10-7-6-8-11-17)22(29)16-18-19(25)12-9-13-20(18)26/h6-13,21H,5,14-16H2,1-4H3,(H,27,30). The van der Waals surface area contributed by atoms with Crippen molar-refractivity contribution in [1.29, 1.82) is 0 Å². The van der Waals surface area contributed by atoms with Gasteiger partial charge in [-0.3, -0.25) is 9.59 Å². The van der Waals surface area contributed by atoms with Crippen LogP contribution in [0.25, 0.3) is 0 Å². The van der Waals surface area contributed by atoms with Crippen molar-refractivity contribution in [3.05, 3.63) is 69.7 Å². The summed E-state index contributed by atoms with van der Waals surface area (Å²) in [6.45, 7) is 8.13. The fourth-order valence-corrected chi connectivity index (χ4v) is 3.83. The lowest BCUT2D eigenvalue weighted by atomic mass is 10.0. The Bertz CT molecular complexity index is 843. The SMILES string of the molecule is CCC(C(=O)NC(C)(C)C)N(CCc1ccccc1)C(=O)Cc1c(Cl)cccc1Cl. The van der Waals surface area contributed by atoms with E-state index < -0.39 is 6.04 Å². The van der Waals surface area contributed by atoms with E-state index in [2.05, 4.69) is 5.32 Å². The second-order valence-corrected chi connectivity index (χ2v) is 9.18. The van der Waals surface area contributed by atoms with Gasteiger partial charge in [-0.15, -0.1) is 0 Å². The Hall–Kier alpha value is -2.04. The number of carbonyl (C=O) groups is 2. The third-order valence-electron chi connectivity index (χ3n) is 4.76. The van der Waals surface area contributed by atoms with E-state index in [9.17, 15) is 9.59 Å². The summed E-state index contributed by atoms with van der Waals surface area (Å²) >= 11 is 12.6. The molecule has 30 heavy (non-hydrogen) atoms. The molecule has 0 aliphatic rings. The molecule has 2 aromatic rings. The van der Waals surface area contributed by atoms with Crippen LogP contribution in [0.2, 0.25) is 10.0 Å². The predicted molar refractivity (Wildman–Crippen MR) is 124 cm³/mol. The molecule has 0 aliphatic carbocycles. The van der Waals surface area contributed by atoms with Gasteiger partial charge in [0.1, 0.15) is 6.04 Å². The van der Waals surface area contributed by atoms with Crippen molar-refractivity contribution in [1.82, 2.24) is 10.2 Å². The van der Waals surface area contributed by atoms with E-state index in [1.807, 2.05) is 58.0 Å². The molecule has 0 heterocycles. The zero-order valence-corrected chi connectivity index (χ0v) is 19.6. The van der Waals surface area contributed by atoms with E-state index in [0.717, 1.165) is 5.56 Å². The zero-order chi connectivity index (χ0) is 22.3. The fourth-order valence-electron chi connectivity index (χ4n) is 3.30. The van der Waals surface area contributed by atoms with E-state index in [-0.39, 0.29) is 23.8 Å². The molecule has 162 valence electrons. The van der Waals surface area contributed by atoms with Crippen molar-refractivity contribution in [2.24, 2.45) is 0 Å². The smallest absolute Gasteiger partial charge is 0.243 e. The van der Waals surface area contributed by atoms with Gasteiger partial charge >= 0.3 is 0 Å². The molecule has 0 fully saturated rings. The van der Waals surface area contributed by atoms with Gasteiger partial charge in [0.25, 0.3) is 0 Å². The van der Waals surface area contributed by atoms with Crippen molar-refractivity contribution in [3.63, 3.8) is 0 Å². The van der Waals surface area contributed by atoms with E-state index in [0.29, 0.717) is 35.0 Å². The third kappa shape index (κ3) is 7.03. The van der Waals surface area contributed by atoms with Crippen LogP contribution in [-0.2, 0) is 22.4 Å². The predicted octanol–water partition coefficient (Wildman–Crippen LogP) is 5.30. The highest BCUT2D eigenvalue weighted by atomic mass is 35.5. The van der Waals surface area contributed by atoms with Crippen LogP contribution in [0.3, 0.4) is 0 Å². The number of hydrogen-bond donors (Lipinski definition) is 1.